The van der Waals surface area contributed by atoms with Crippen molar-refractivity contribution in [3.8, 4) is 0 Å². The SMILES string of the molecule is CC(C(=O)Nc1ccc(Cl)cc1Cl)N(C)Cc1cccc(Cl)c1. The summed E-state index contributed by atoms with van der Waals surface area (Å²) in [6.45, 7) is 2.45. The number of hydrogen-bond acceptors (Lipinski definition) is 2. The van der Waals surface area contributed by atoms with E-state index in [4.69, 9.17) is 34.8 Å². The first-order chi connectivity index (χ1) is 10.9. The van der Waals surface area contributed by atoms with E-state index >= 15 is 0 Å². The minimum atomic E-state index is -0.333. The molecule has 1 unspecified atom stereocenters. The van der Waals surface area contributed by atoms with E-state index in [1.807, 2.05) is 43.1 Å². The molecule has 0 aliphatic heterocycles. The van der Waals surface area contributed by atoms with Crippen LogP contribution in [0.1, 0.15) is 12.5 Å². The third kappa shape index (κ3) is 5.11. The van der Waals surface area contributed by atoms with Crippen LogP contribution in [-0.2, 0) is 11.3 Å². The summed E-state index contributed by atoms with van der Waals surface area (Å²) in [5.41, 5.74) is 1.59. The Bertz CT molecular complexity index is 706. The van der Waals surface area contributed by atoms with Crippen LogP contribution in [0.4, 0.5) is 5.69 Å². The van der Waals surface area contributed by atoms with Crippen LogP contribution in [0.2, 0.25) is 15.1 Å². The second-order valence-electron chi connectivity index (χ2n) is 5.33. The number of carbonyl (C=O) groups excluding carboxylic acids is 1. The van der Waals surface area contributed by atoms with Crippen LogP contribution in [0.3, 0.4) is 0 Å². The van der Waals surface area contributed by atoms with Crippen molar-refractivity contribution >= 4 is 46.4 Å². The maximum atomic E-state index is 12.4. The highest BCUT2D eigenvalue weighted by Gasteiger charge is 2.19. The van der Waals surface area contributed by atoms with Gasteiger partial charge in [0.1, 0.15) is 0 Å². The molecule has 0 radical (unpaired) electrons. The highest BCUT2D eigenvalue weighted by molar-refractivity contribution is 6.36. The zero-order chi connectivity index (χ0) is 17.0. The monoisotopic (exact) mass is 370 g/mol. The first-order valence-electron chi connectivity index (χ1n) is 7.07. The van der Waals surface area contributed by atoms with Gasteiger partial charge >= 0.3 is 0 Å². The zero-order valence-corrected chi connectivity index (χ0v) is 15.1. The summed E-state index contributed by atoms with van der Waals surface area (Å²) in [4.78, 5) is 14.3. The smallest absolute Gasteiger partial charge is 0.241 e. The van der Waals surface area contributed by atoms with Gasteiger partial charge in [-0.05, 0) is 49.9 Å². The van der Waals surface area contributed by atoms with Crippen molar-refractivity contribution in [1.82, 2.24) is 4.90 Å². The van der Waals surface area contributed by atoms with E-state index < -0.39 is 0 Å². The van der Waals surface area contributed by atoms with Crippen molar-refractivity contribution in [3.05, 3.63) is 63.1 Å². The van der Waals surface area contributed by atoms with Gasteiger partial charge in [0.25, 0.3) is 0 Å². The van der Waals surface area contributed by atoms with Gasteiger partial charge in [-0.15, -0.1) is 0 Å². The Kier molecular flexibility index (Phi) is 6.31. The Morgan fingerprint density at radius 3 is 2.48 bits per heavy atom. The summed E-state index contributed by atoms with van der Waals surface area (Å²) in [5.74, 6) is -0.140. The van der Waals surface area contributed by atoms with Crippen molar-refractivity contribution in [1.29, 1.82) is 0 Å². The van der Waals surface area contributed by atoms with E-state index in [1.165, 1.54) is 0 Å². The zero-order valence-electron chi connectivity index (χ0n) is 12.8. The summed E-state index contributed by atoms with van der Waals surface area (Å²) in [6, 6.07) is 12.2. The topological polar surface area (TPSA) is 32.3 Å². The maximum absolute atomic E-state index is 12.4. The average Bonchev–Trinajstić information content (AvgIpc) is 2.49. The molecule has 2 rings (SSSR count). The summed E-state index contributed by atoms with van der Waals surface area (Å²) in [6.07, 6.45) is 0. The first-order valence-corrected chi connectivity index (χ1v) is 8.21. The number of nitrogens with one attached hydrogen (secondary N) is 1. The summed E-state index contributed by atoms with van der Waals surface area (Å²) in [7, 11) is 1.88. The van der Waals surface area contributed by atoms with Gasteiger partial charge in [-0.25, -0.2) is 0 Å². The van der Waals surface area contributed by atoms with Gasteiger partial charge in [0.05, 0.1) is 16.8 Å². The van der Waals surface area contributed by atoms with Crippen molar-refractivity contribution in [2.75, 3.05) is 12.4 Å². The van der Waals surface area contributed by atoms with Gasteiger partial charge in [0, 0.05) is 16.6 Å². The molecule has 6 heteroatoms. The van der Waals surface area contributed by atoms with Crippen molar-refractivity contribution in [3.63, 3.8) is 0 Å². The quantitative estimate of drug-likeness (QED) is 0.792. The minimum Gasteiger partial charge on any atom is -0.323 e. The summed E-state index contributed by atoms with van der Waals surface area (Å²) < 4.78 is 0. The van der Waals surface area contributed by atoms with Crippen molar-refractivity contribution in [2.24, 2.45) is 0 Å². The number of carbonyl (C=O) groups is 1. The minimum absolute atomic E-state index is 0.140. The number of halogens is 3. The predicted octanol–water partition coefficient (Wildman–Crippen LogP) is 5.11. The lowest BCUT2D eigenvalue weighted by atomic mass is 10.2. The Morgan fingerprint density at radius 2 is 1.83 bits per heavy atom. The number of amides is 1. The summed E-state index contributed by atoms with van der Waals surface area (Å²) in [5, 5.41) is 4.44. The number of hydrogen-bond donors (Lipinski definition) is 1. The third-order valence-corrected chi connectivity index (χ3v) is 4.33. The van der Waals surface area contributed by atoms with Gasteiger partial charge in [-0.3, -0.25) is 9.69 Å². The van der Waals surface area contributed by atoms with Crippen LogP contribution < -0.4 is 5.32 Å². The molecule has 0 aliphatic carbocycles. The van der Waals surface area contributed by atoms with E-state index in [-0.39, 0.29) is 11.9 Å². The molecule has 0 bridgehead atoms. The van der Waals surface area contributed by atoms with Crippen molar-refractivity contribution < 1.29 is 4.79 Å². The molecule has 1 atom stereocenters. The lowest BCUT2D eigenvalue weighted by Crippen LogP contribution is -2.39. The van der Waals surface area contributed by atoms with Crippen LogP contribution >= 0.6 is 34.8 Å². The molecule has 23 heavy (non-hydrogen) atoms. The van der Waals surface area contributed by atoms with Gasteiger partial charge in [-0.2, -0.15) is 0 Å². The highest BCUT2D eigenvalue weighted by atomic mass is 35.5. The fourth-order valence-electron chi connectivity index (χ4n) is 2.09. The van der Waals surface area contributed by atoms with Gasteiger partial charge < -0.3 is 5.32 Å². The lowest BCUT2D eigenvalue weighted by Gasteiger charge is -2.24. The second kappa shape index (κ2) is 8.02. The molecular weight excluding hydrogens is 355 g/mol. The molecule has 3 nitrogen and oxygen atoms in total. The maximum Gasteiger partial charge on any atom is 0.241 e. The van der Waals surface area contributed by atoms with E-state index in [0.29, 0.717) is 27.3 Å². The number of likely N-dealkylation sites (N-methyl/N-ethyl adjacent to an activating group) is 1. The molecule has 0 saturated heterocycles. The van der Waals surface area contributed by atoms with Crippen molar-refractivity contribution in [2.45, 2.75) is 19.5 Å². The summed E-state index contributed by atoms with van der Waals surface area (Å²) >= 11 is 17.9. The molecule has 0 heterocycles. The van der Waals surface area contributed by atoms with Gasteiger partial charge in [-0.1, -0.05) is 46.9 Å². The number of rotatable bonds is 5. The Balaban J connectivity index is 2.01. The molecule has 0 spiro atoms. The largest absolute Gasteiger partial charge is 0.323 e. The van der Waals surface area contributed by atoms with E-state index in [2.05, 4.69) is 5.32 Å². The van der Waals surface area contributed by atoms with E-state index in [9.17, 15) is 4.79 Å². The normalized spacial score (nSPS) is 12.3. The van der Waals surface area contributed by atoms with Crippen LogP contribution in [0.15, 0.2) is 42.5 Å². The second-order valence-corrected chi connectivity index (χ2v) is 6.61. The van der Waals surface area contributed by atoms with E-state index in [1.54, 1.807) is 18.2 Å². The Morgan fingerprint density at radius 1 is 1.13 bits per heavy atom. The van der Waals surface area contributed by atoms with E-state index in [0.717, 1.165) is 5.56 Å². The molecule has 1 N–H and O–H groups in total. The molecule has 0 saturated carbocycles. The van der Waals surface area contributed by atoms with Crippen LogP contribution in [-0.4, -0.2) is 23.9 Å². The molecule has 2 aromatic carbocycles. The Labute approximate surface area is 151 Å². The van der Waals surface area contributed by atoms with Gasteiger partial charge in [0.2, 0.25) is 5.91 Å². The number of nitrogens with zero attached hydrogens (tertiary/aromatic N) is 1. The molecule has 0 aromatic heterocycles. The number of benzene rings is 2. The lowest BCUT2D eigenvalue weighted by molar-refractivity contribution is -0.120. The molecular formula is C17H17Cl3N2O. The molecule has 2 aromatic rings. The van der Waals surface area contributed by atoms with Crippen LogP contribution in [0.5, 0.6) is 0 Å². The predicted molar refractivity (Wildman–Crippen MR) is 97.5 cm³/mol. The Hall–Kier alpha value is -1.26. The standard InChI is InChI=1S/C17H17Cl3N2O/c1-11(22(2)10-12-4-3-5-13(18)8-12)17(23)21-16-7-6-14(19)9-15(16)20/h3-9,11H,10H2,1-2H3,(H,21,23). The molecule has 1 amide bonds. The fraction of sp³-hybridized carbons (Fsp3) is 0.235. The molecule has 122 valence electrons. The first kappa shape index (κ1) is 18.1. The third-order valence-electron chi connectivity index (χ3n) is 3.55. The molecule has 0 aliphatic rings. The highest BCUT2D eigenvalue weighted by Crippen LogP contribution is 2.25. The van der Waals surface area contributed by atoms with Gasteiger partial charge in [0.15, 0.2) is 0 Å². The van der Waals surface area contributed by atoms with Crippen LogP contribution in [0.25, 0.3) is 0 Å². The van der Waals surface area contributed by atoms with Crippen LogP contribution in [0, 0.1) is 0 Å². The average molecular weight is 372 g/mol. The fourth-order valence-corrected chi connectivity index (χ4v) is 2.76. The number of anilines is 1. The molecule has 0 fully saturated rings.